The number of anilines is 1. The first kappa shape index (κ1) is 13.3. The summed E-state index contributed by atoms with van der Waals surface area (Å²) in [6, 6.07) is 4.09. The van der Waals surface area contributed by atoms with Crippen LogP contribution in [0, 0.1) is 0 Å². The van der Waals surface area contributed by atoms with Gasteiger partial charge in [0.1, 0.15) is 6.04 Å². The average molecular weight is 263 g/mol. The highest BCUT2D eigenvalue weighted by molar-refractivity contribution is 6.42. The minimum atomic E-state index is -0.709. The number of nitrogens with one attached hydrogen (secondary N) is 1. The SMILES string of the molecule is COCC(N)C(=O)Nc1ccc(Cl)c(Cl)c1. The lowest BCUT2D eigenvalue weighted by molar-refractivity contribution is -0.118. The lowest BCUT2D eigenvalue weighted by Gasteiger charge is -2.11. The summed E-state index contributed by atoms with van der Waals surface area (Å²) in [5, 5.41) is 3.41. The lowest BCUT2D eigenvalue weighted by Crippen LogP contribution is -2.39. The first-order chi connectivity index (χ1) is 7.54. The molecule has 0 aromatic heterocycles. The van der Waals surface area contributed by atoms with Gasteiger partial charge in [0.25, 0.3) is 0 Å². The summed E-state index contributed by atoms with van der Waals surface area (Å²) in [7, 11) is 1.48. The highest BCUT2D eigenvalue weighted by Gasteiger charge is 2.13. The van der Waals surface area contributed by atoms with Gasteiger partial charge in [0.2, 0.25) is 5.91 Å². The van der Waals surface area contributed by atoms with Gasteiger partial charge in [0, 0.05) is 12.8 Å². The van der Waals surface area contributed by atoms with E-state index in [4.69, 9.17) is 33.7 Å². The summed E-state index contributed by atoms with van der Waals surface area (Å²) in [5.41, 5.74) is 6.09. The maximum absolute atomic E-state index is 11.5. The van der Waals surface area contributed by atoms with Gasteiger partial charge in [-0.25, -0.2) is 0 Å². The van der Waals surface area contributed by atoms with Crippen molar-refractivity contribution in [2.75, 3.05) is 19.0 Å². The summed E-state index contributed by atoms with van der Waals surface area (Å²) in [4.78, 5) is 11.5. The number of carbonyl (C=O) groups is 1. The summed E-state index contributed by atoms with van der Waals surface area (Å²) in [6.07, 6.45) is 0. The van der Waals surface area contributed by atoms with Crippen molar-refractivity contribution in [2.45, 2.75) is 6.04 Å². The standard InChI is InChI=1S/C10H12Cl2N2O2/c1-16-5-9(13)10(15)14-6-2-3-7(11)8(12)4-6/h2-4,9H,5,13H2,1H3,(H,14,15). The molecule has 4 nitrogen and oxygen atoms in total. The number of ether oxygens (including phenoxy) is 1. The van der Waals surface area contributed by atoms with Crippen molar-refractivity contribution in [3.63, 3.8) is 0 Å². The first-order valence-electron chi connectivity index (χ1n) is 4.55. The van der Waals surface area contributed by atoms with Gasteiger partial charge < -0.3 is 15.8 Å². The van der Waals surface area contributed by atoms with E-state index in [-0.39, 0.29) is 12.5 Å². The van der Waals surface area contributed by atoms with Gasteiger partial charge >= 0.3 is 0 Å². The zero-order valence-electron chi connectivity index (χ0n) is 8.67. The van der Waals surface area contributed by atoms with E-state index in [0.717, 1.165) is 0 Å². The molecule has 16 heavy (non-hydrogen) atoms. The van der Waals surface area contributed by atoms with Gasteiger partial charge in [-0.05, 0) is 18.2 Å². The zero-order valence-corrected chi connectivity index (χ0v) is 10.2. The quantitative estimate of drug-likeness (QED) is 0.872. The molecule has 0 saturated heterocycles. The largest absolute Gasteiger partial charge is 0.383 e. The summed E-state index contributed by atoms with van der Waals surface area (Å²) >= 11 is 11.5. The number of methoxy groups -OCH3 is 1. The Balaban J connectivity index is 2.66. The van der Waals surface area contributed by atoms with Crippen LogP contribution in [0.4, 0.5) is 5.69 Å². The Morgan fingerprint density at radius 2 is 2.19 bits per heavy atom. The minimum Gasteiger partial charge on any atom is -0.383 e. The van der Waals surface area contributed by atoms with E-state index in [1.807, 2.05) is 0 Å². The van der Waals surface area contributed by atoms with Crippen molar-refractivity contribution in [3.8, 4) is 0 Å². The lowest BCUT2D eigenvalue weighted by atomic mass is 10.2. The number of benzene rings is 1. The van der Waals surface area contributed by atoms with Crippen LogP contribution >= 0.6 is 23.2 Å². The highest BCUT2D eigenvalue weighted by atomic mass is 35.5. The molecule has 0 bridgehead atoms. The van der Waals surface area contributed by atoms with Gasteiger partial charge in [-0.15, -0.1) is 0 Å². The van der Waals surface area contributed by atoms with Crippen molar-refractivity contribution < 1.29 is 9.53 Å². The second kappa shape index (κ2) is 6.06. The molecule has 0 fully saturated rings. The third-order valence-electron chi connectivity index (χ3n) is 1.87. The fourth-order valence-corrected chi connectivity index (χ4v) is 1.36. The molecule has 6 heteroatoms. The summed E-state index contributed by atoms with van der Waals surface area (Å²) in [5.74, 6) is -0.333. The molecular formula is C10H12Cl2N2O2. The van der Waals surface area contributed by atoms with Gasteiger partial charge in [-0.2, -0.15) is 0 Å². The van der Waals surface area contributed by atoms with Crippen LogP contribution in [0.15, 0.2) is 18.2 Å². The van der Waals surface area contributed by atoms with E-state index >= 15 is 0 Å². The summed E-state index contributed by atoms with van der Waals surface area (Å²) < 4.78 is 4.77. The molecule has 0 aliphatic carbocycles. The van der Waals surface area contributed by atoms with Crippen molar-refractivity contribution in [1.82, 2.24) is 0 Å². The predicted octanol–water partition coefficient (Wildman–Crippen LogP) is 1.91. The molecule has 88 valence electrons. The molecular weight excluding hydrogens is 251 g/mol. The van der Waals surface area contributed by atoms with Crippen LogP contribution < -0.4 is 11.1 Å². The molecule has 3 N–H and O–H groups in total. The third-order valence-corrected chi connectivity index (χ3v) is 2.61. The van der Waals surface area contributed by atoms with Crippen molar-refractivity contribution in [1.29, 1.82) is 0 Å². The summed E-state index contributed by atoms with van der Waals surface area (Å²) in [6.45, 7) is 0.160. The molecule has 0 saturated carbocycles. The Morgan fingerprint density at radius 3 is 2.75 bits per heavy atom. The number of carbonyl (C=O) groups excluding carboxylic acids is 1. The van der Waals surface area contributed by atoms with E-state index in [1.54, 1.807) is 18.2 Å². The number of halogens is 2. The van der Waals surface area contributed by atoms with E-state index in [9.17, 15) is 4.79 Å². The van der Waals surface area contributed by atoms with E-state index in [2.05, 4.69) is 5.32 Å². The van der Waals surface area contributed by atoms with Crippen LogP contribution in [-0.2, 0) is 9.53 Å². The first-order valence-corrected chi connectivity index (χ1v) is 5.30. The van der Waals surface area contributed by atoms with Crippen molar-refractivity contribution in [3.05, 3.63) is 28.2 Å². The number of hydrogen-bond donors (Lipinski definition) is 2. The fourth-order valence-electron chi connectivity index (χ4n) is 1.06. The van der Waals surface area contributed by atoms with Crippen LogP contribution in [0.25, 0.3) is 0 Å². The van der Waals surface area contributed by atoms with Gasteiger partial charge in [0.15, 0.2) is 0 Å². The zero-order chi connectivity index (χ0) is 12.1. The smallest absolute Gasteiger partial charge is 0.243 e. The molecule has 1 atom stereocenters. The molecule has 0 heterocycles. The van der Waals surface area contributed by atoms with Crippen LogP contribution in [0.3, 0.4) is 0 Å². The molecule has 1 aromatic rings. The average Bonchev–Trinajstić information content (AvgIpc) is 2.24. The second-order valence-corrected chi connectivity index (χ2v) is 3.99. The van der Waals surface area contributed by atoms with Crippen molar-refractivity contribution in [2.24, 2.45) is 5.73 Å². The number of amides is 1. The fraction of sp³-hybridized carbons (Fsp3) is 0.300. The minimum absolute atomic E-state index is 0.160. The van der Waals surface area contributed by atoms with Crippen LogP contribution in [0.2, 0.25) is 10.0 Å². The molecule has 1 rings (SSSR count). The topological polar surface area (TPSA) is 64.3 Å². The monoisotopic (exact) mass is 262 g/mol. The van der Waals surface area contributed by atoms with Crippen LogP contribution in [0.1, 0.15) is 0 Å². The Morgan fingerprint density at radius 1 is 1.50 bits per heavy atom. The molecule has 1 unspecified atom stereocenters. The maximum atomic E-state index is 11.5. The number of nitrogens with two attached hydrogens (primary N) is 1. The molecule has 1 amide bonds. The van der Waals surface area contributed by atoms with Crippen LogP contribution in [0.5, 0.6) is 0 Å². The second-order valence-electron chi connectivity index (χ2n) is 3.18. The Labute approximate surface area is 104 Å². The Kier molecular flexibility index (Phi) is 5.02. The molecule has 0 aliphatic heterocycles. The van der Waals surface area contributed by atoms with Gasteiger partial charge in [-0.1, -0.05) is 23.2 Å². The van der Waals surface area contributed by atoms with Crippen molar-refractivity contribution >= 4 is 34.8 Å². The van der Waals surface area contributed by atoms with Crippen LogP contribution in [-0.4, -0.2) is 25.7 Å². The predicted molar refractivity (Wildman–Crippen MR) is 64.9 cm³/mol. The normalized spacial score (nSPS) is 12.2. The van der Waals surface area contributed by atoms with Gasteiger partial charge in [0.05, 0.1) is 16.7 Å². The van der Waals surface area contributed by atoms with E-state index in [1.165, 1.54) is 7.11 Å². The van der Waals surface area contributed by atoms with E-state index in [0.29, 0.717) is 15.7 Å². The highest BCUT2D eigenvalue weighted by Crippen LogP contribution is 2.24. The number of hydrogen-bond acceptors (Lipinski definition) is 3. The molecule has 0 aliphatic rings. The third kappa shape index (κ3) is 3.64. The maximum Gasteiger partial charge on any atom is 0.243 e. The molecule has 0 spiro atoms. The van der Waals surface area contributed by atoms with Gasteiger partial charge in [-0.3, -0.25) is 4.79 Å². The number of rotatable bonds is 4. The Bertz CT molecular complexity index is 385. The molecule has 0 radical (unpaired) electrons. The molecule has 1 aromatic carbocycles. The Hall–Kier alpha value is -0.810. The van der Waals surface area contributed by atoms with E-state index < -0.39 is 6.04 Å².